The molecule has 1 aliphatic rings. The summed E-state index contributed by atoms with van der Waals surface area (Å²) >= 11 is 1.89. The van der Waals surface area contributed by atoms with Crippen LogP contribution in [0, 0.1) is 0 Å². The summed E-state index contributed by atoms with van der Waals surface area (Å²) < 4.78 is 0. The Hall–Kier alpha value is -1.88. The molecule has 0 aliphatic heterocycles. The number of aromatic nitrogens is 1. The molecule has 134 valence electrons. The van der Waals surface area contributed by atoms with Gasteiger partial charge in [-0.15, -0.1) is 11.3 Å². The third kappa shape index (κ3) is 4.82. The van der Waals surface area contributed by atoms with Crippen molar-refractivity contribution in [3.05, 3.63) is 52.5 Å². The third-order valence-electron chi connectivity index (χ3n) is 4.92. The number of hydrogen-bond donors (Lipinski definition) is 2. The number of pyridine rings is 1. The molecule has 1 saturated carbocycles. The molecule has 2 aromatic rings. The molecule has 1 aliphatic carbocycles. The Balaban J connectivity index is 1.68. The van der Waals surface area contributed by atoms with Gasteiger partial charge < -0.3 is 10.6 Å². The molecule has 3 rings (SSSR count). The lowest BCUT2D eigenvalue weighted by atomic mass is 9.73. The van der Waals surface area contributed by atoms with Gasteiger partial charge in [-0.3, -0.25) is 4.98 Å². The van der Waals surface area contributed by atoms with Crippen molar-refractivity contribution in [1.82, 2.24) is 15.6 Å². The summed E-state index contributed by atoms with van der Waals surface area (Å²) in [5, 5.41) is 9.18. The van der Waals surface area contributed by atoms with Crippen LogP contribution < -0.4 is 10.6 Å². The van der Waals surface area contributed by atoms with Gasteiger partial charge in [0.2, 0.25) is 0 Å². The molecule has 0 bridgehead atoms. The van der Waals surface area contributed by atoms with Crippen LogP contribution >= 0.6 is 11.3 Å². The zero-order valence-corrected chi connectivity index (χ0v) is 15.8. The lowest BCUT2D eigenvalue weighted by Crippen LogP contribution is -2.46. The molecule has 0 atom stereocenters. The fourth-order valence-corrected chi connectivity index (χ4v) is 4.55. The third-order valence-corrected chi connectivity index (χ3v) is 6.03. The first-order valence-electron chi connectivity index (χ1n) is 9.28. The highest BCUT2D eigenvalue weighted by Gasteiger charge is 2.34. The fourth-order valence-electron chi connectivity index (χ4n) is 3.57. The van der Waals surface area contributed by atoms with Crippen LogP contribution in [-0.4, -0.2) is 24.0 Å². The maximum Gasteiger partial charge on any atom is 0.191 e. The number of nitrogens with one attached hydrogen (secondary N) is 2. The van der Waals surface area contributed by atoms with Gasteiger partial charge in [-0.2, -0.15) is 0 Å². The quantitative estimate of drug-likeness (QED) is 0.605. The van der Waals surface area contributed by atoms with E-state index >= 15 is 0 Å². The van der Waals surface area contributed by atoms with Gasteiger partial charge in [0, 0.05) is 29.6 Å². The van der Waals surface area contributed by atoms with Crippen LogP contribution in [0.3, 0.4) is 0 Å². The number of aliphatic imine (C=N–C) groups is 1. The minimum Gasteiger partial charge on any atom is -0.357 e. The Morgan fingerprint density at radius 3 is 2.72 bits per heavy atom. The van der Waals surface area contributed by atoms with E-state index in [0.29, 0.717) is 6.54 Å². The average molecular weight is 357 g/mol. The average Bonchev–Trinajstić information content (AvgIpc) is 3.21. The van der Waals surface area contributed by atoms with Crippen molar-refractivity contribution in [1.29, 1.82) is 0 Å². The fraction of sp³-hybridized carbons (Fsp3) is 0.500. The van der Waals surface area contributed by atoms with Gasteiger partial charge in [0.15, 0.2) is 5.96 Å². The molecule has 0 aromatic carbocycles. The minimum atomic E-state index is 0.258. The van der Waals surface area contributed by atoms with E-state index < -0.39 is 0 Å². The van der Waals surface area contributed by atoms with Crippen LogP contribution in [0.5, 0.6) is 0 Å². The van der Waals surface area contributed by atoms with Crippen molar-refractivity contribution < 1.29 is 0 Å². The summed E-state index contributed by atoms with van der Waals surface area (Å²) in [4.78, 5) is 10.6. The summed E-state index contributed by atoms with van der Waals surface area (Å²) in [7, 11) is 0. The van der Waals surface area contributed by atoms with Crippen LogP contribution in [-0.2, 0) is 12.0 Å². The normalized spacial score (nSPS) is 17.2. The number of nitrogens with zero attached hydrogens (tertiary/aromatic N) is 2. The second kappa shape index (κ2) is 8.99. The van der Waals surface area contributed by atoms with E-state index in [2.05, 4.69) is 40.1 Å². The molecule has 0 saturated heterocycles. The van der Waals surface area contributed by atoms with Crippen LogP contribution in [0.4, 0.5) is 0 Å². The zero-order chi connectivity index (χ0) is 17.4. The molecule has 0 amide bonds. The van der Waals surface area contributed by atoms with E-state index in [1.165, 1.54) is 37.0 Å². The van der Waals surface area contributed by atoms with Crippen molar-refractivity contribution in [3.63, 3.8) is 0 Å². The molecule has 0 spiro atoms. The molecular weight excluding hydrogens is 328 g/mol. The Kier molecular flexibility index (Phi) is 6.45. The molecule has 0 unspecified atom stereocenters. The van der Waals surface area contributed by atoms with Crippen molar-refractivity contribution in [2.45, 2.75) is 51.0 Å². The number of thiophene rings is 1. The Morgan fingerprint density at radius 1 is 1.16 bits per heavy atom. The molecule has 25 heavy (non-hydrogen) atoms. The molecule has 2 N–H and O–H groups in total. The largest absolute Gasteiger partial charge is 0.357 e. The maximum absolute atomic E-state index is 4.72. The Bertz CT molecular complexity index is 646. The maximum atomic E-state index is 4.72. The van der Waals surface area contributed by atoms with Crippen molar-refractivity contribution >= 4 is 17.3 Å². The highest BCUT2D eigenvalue weighted by atomic mass is 32.1. The molecule has 4 nitrogen and oxygen atoms in total. The van der Waals surface area contributed by atoms with Crippen molar-refractivity contribution in [3.8, 4) is 0 Å². The Labute approximate surface area is 154 Å². The van der Waals surface area contributed by atoms with Crippen molar-refractivity contribution in [2.75, 3.05) is 13.1 Å². The van der Waals surface area contributed by atoms with Gasteiger partial charge in [-0.05, 0) is 43.3 Å². The van der Waals surface area contributed by atoms with Crippen LogP contribution in [0.1, 0.15) is 49.6 Å². The standard InChI is InChI=1S/C20H28N4S/c1-2-21-19(23-15-17-9-4-7-13-22-17)24-16-20(11-5-3-6-12-20)18-10-8-14-25-18/h4,7-10,13-14H,2-3,5-6,11-12,15-16H2,1H3,(H2,21,23,24). The molecule has 5 heteroatoms. The second-order valence-corrected chi connectivity index (χ2v) is 7.64. The monoisotopic (exact) mass is 356 g/mol. The number of hydrogen-bond acceptors (Lipinski definition) is 3. The van der Waals surface area contributed by atoms with E-state index in [1.54, 1.807) is 0 Å². The van der Waals surface area contributed by atoms with E-state index in [0.717, 1.165) is 24.7 Å². The molecule has 2 aromatic heterocycles. The summed E-state index contributed by atoms with van der Waals surface area (Å²) in [6, 6.07) is 10.4. The summed E-state index contributed by atoms with van der Waals surface area (Å²) in [6.07, 6.45) is 8.35. The van der Waals surface area contributed by atoms with Crippen LogP contribution in [0.25, 0.3) is 0 Å². The first-order chi connectivity index (χ1) is 12.3. The SMILES string of the molecule is CCNC(=NCc1ccccn1)NCC1(c2cccs2)CCCCC1. The number of rotatable bonds is 6. The first-order valence-corrected chi connectivity index (χ1v) is 10.2. The predicted molar refractivity (Wildman–Crippen MR) is 106 cm³/mol. The summed E-state index contributed by atoms with van der Waals surface area (Å²) in [5.74, 6) is 0.884. The smallest absolute Gasteiger partial charge is 0.191 e. The molecule has 0 radical (unpaired) electrons. The topological polar surface area (TPSA) is 49.3 Å². The van der Waals surface area contributed by atoms with E-state index in [4.69, 9.17) is 4.99 Å². The molecule has 1 fully saturated rings. The van der Waals surface area contributed by atoms with E-state index in [-0.39, 0.29) is 5.41 Å². The van der Waals surface area contributed by atoms with Gasteiger partial charge in [-0.1, -0.05) is 31.4 Å². The highest BCUT2D eigenvalue weighted by Crippen LogP contribution is 2.41. The zero-order valence-electron chi connectivity index (χ0n) is 15.0. The molecule has 2 heterocycles. The first kappa shape index (κ1) is 17.9. The predicted octanol–water partition coefficient (Wildman–Crippen LogP) is 4.10. The summed E-state index contributed by atoms with van der Waals surface area (Å²) in [5.41, 5.74) is 1.25. The van der Waals surface area contributed by atoms with Gasteiger partial charge in [-0.25, -0.2) is 4.99 Å². The lowest BCUT2D eigenvalue weighted by Gasteiger charge is -2.37. The minimum absolute atomic E-state index is 0.258. The van der Waals surface area contributed by atoms with E-state index in [9.17, 15) is 0 Å². The van der Waals surface area contributed by atoms with Gasteiger partial charge in [0.1, 0.15) is 0 Å². The van der Waals surface area contributed by atoms with Crippen LogP contribution in [0.15, 0.2) is 46.9 Å². The van der Waals surface area contributed by atoms with Gasteiger partial charge in [0.25, 0.3) is 0 Å². The van der Waals surface area contributed by atoms with Gasteiger partial charge >= 0.3 is 0 Å². The van der Waals surface area contributed by atoms with Crippen LogP contribution in [0.2, 0.25) is 0 Å². The number of guanidine groups is 1. The summed E-state index contributed by atoms with van der Waals surface area (Å²) in [6.45, 7) is 4.51. The molecular formula is C20H28N4S. The lowest BCUT2D eigenvalue weighted by molar-refractivity contribution is 0.296. The van der Waals surface area contributed by atoms with E-state index in [1.807, 2.05) is 35.7 Å². The Morgan fingerprint density at radius 2 is 2.04 bits per heavy atom. The second-order valence-electron chi connectivity index (χ2n) is 6.69. The highest BCUT2D eigenvalue weighted by molar-refractivity contribution is 7.10. The van der Waals surface area contributed by atoms with Gasteiger partial charge in [0.05, 0.1) is 12.2 Å². The van der Waals surface area contributed by atoms with Crippen molar-refractivity contribution in [2.24, 2.45) is 4.99 Å².